The molecule has 0 saturated carbocycles. The minimum absolute atomic E-state index is 0.964. The first-order chi connectivity index (χ1) is 7.49. The van der Waals surface area contributed by atoms with Crippen LogP contribution < -0.4 is 0 Å². The van der Waals surface area contributed by atoms with Crippen molar-refractivity contribution in [1.29, 1.82) is 0 Å². The molecule has 0 atom stereocenters. The largest absolute Gasteiger partial charge is 0.349 e. The van der Waals surface area contributed by atoms with E-state index in [0.717, 1.165) is 5.03 Å². The smallest absolute Gasteiger partial charge is 0.0727 e. The molecule has 0 amide bonds. The van der Waals surface area contributed by atoms with E-state index in [4.69, 9.17) is 0 Å². The van der Waals surface area contributed by atoms with Gasteiger partial charge in [0.1, 0.15) is 0 Å². The molecule has 1 nitrogen and oxygen atoms in total. The number of rotatable bonds is 1. The van der Waals surface area contributed by atoms with E-state index < -0.39 is 0 Å². The maximum absolute atomic E-state index is 4.43. The van der Waals surface area contributed by atoms with Gasteiger partial charge in [0.2, 0.25) is 0 Å². The number of hydrogen-bond acceptors (Lipinski definition) is 1. The third-order valence-corrected chi connectivity index (χ3v) is 3.49. The third-order valence-electron chi connectivity index (χ3n) is 3.05. The Kier molecular flexibility index (Phi) is 2.85. The molecule has 1 heterocycles. The molecule has 2 heteroatoms. The quantitative estimate of drug-likeness (QED) is 0.684. The van der Waals surface area contributed by atoms with E-state index in [1.807, 2.05) is 0 Å². The van der Waals surface area contributed by atoms with Crippen molar-refractivity contribution in [3.05, 3.63) is 40.5 Å². The first kappa shape index (κ1) is 11.3. The van der Waals surface area contributed by atoms with Crippen LogP contribution in [0.5, 0.6) is 0 Å². The summed E-state index contributed by atoms with van der Waals surface area (Å²) in [5, 5.41) is 0.964. The van der Waals surface area contributed by atoms with Crippen LogP contribution in [-0.4, -0.2) is 4.98 Å². The van der Waals surface area contributed by atoms with E-state index in [1.54, 1.807) is 0 Å². The fraction of sp³-hybridized carbons (Fsp3) is 0.286. The second-order valence-electron chi connectivity index (χ2n) is 4.47. The summed E-state index contributed by atoms with van der Waals surface area (Å²) < 4.78 is 0. The Morgan fingerprint density at radius 3 is 1.88 bits per heavy atom. The first-order valence-electron chi connectivity index (χ1n) is 5.46. The summed E-state index contributed by atoms with van der Waals surface area (Å²) in [5.41, 5.74) is 7.55. The van der Waals surface area contributed by atoms with E-state index in [2.05, 4.69) is 63.5 Å². The van der Waals surface area contributed by atoms with E-state index in [0.29, 0.717) is 0 Å². The Hall–Kier alpha value is -1.15. The van der Waals surface area contributed by atoms with Crippen molar-refractivity contribution >= 4 is 12.6 Å². The lowest BCUT2D eigenvalue weighted by atomic mass is 10.0. The summed E-state index contributed by atoms with van der Waals surface area (Å²) in [4.78, 5) is 3.35. The average Bonchev–Trinajstić information content (AvgIpc) is 2.44. The Bertz CT molecular complexity index is 518. The Morgan fingerprint density at radius 1 is 0.875 bits per heavy atom. The lowest BCUT2D eigenvalue weighted by Crippen LogP contribution is -1.85. The van der Waals surface area contributed by atoms with E-state index in [1.165, 1.54) is 33.5 Å². The Labute approximate surface area is 102 Å². The van der Waals surface area contributed by atoms with Gasteiger partial charge in [0.25, 0.3) is 0 Å². The van der Waals surface area contributed by atoms with Gasteiger partial charge in [-0.25, -0.2) is 0 Å². The van der Waals surface area contributed by atoms with Gasteiger partial charge in [0.05, 0.1) is 5.03 Å². The molecule has 1 aromatic carbocycles. The lowest BCUT2D eigenvalue weighted by Gasteiger charge is -2.04. The van der Waals surface area contributed by atoms with Gasteiger partial charge in [-0.2, -0.15) is 0 Å². The van der Waals surface area contributed by atoms with Gasteiger partial charge in [-0.3, -0.25) is 0 Å². The second kappa shape index (κ2) is 4.02. The Balaban J connectivity index is 2.62. The number of aromatic amines is 1. The normalized spacial score (nSPS) is 10.8. The van der Waals surface area contributed by atoms with Gasteiger partial charge >= 0.3 is 0 Å². The zero-order valence-corrected chi connectivity index (χ0v) is 11.1. The molecule has 1 aromatic heterocycles. The molecular weight excluding hydrogens is 214 g/mol. The van der Waals surface area contributed by atoms with Crippen molar-refractivity contribution in [2.45, 2.75) is 32.7 Å². The molecule has 84 valence electrons. The van der Waals surface area contributed by atoms with Gasteiger partial charge in [-0.1, -0.05) is 17.2 Å². The Morgan fingerprint density at radius 2 is 1.44 bits per heavy atom. The predicted molar refractivity (Wildman–Crippen MR) is 72.4 cm³/mol. The van der Waals surface area contributed by atoms with Crippen molar-refractivity contribution in [2.24, 2.45) is 0 Å². The molecule has 1 N–H and O–H groups in total. The second-order valence-corrected chi connectivity index (χ2v) is 4.92. The van der Waals surface area contributed by atoms with Crippen molar-refractivity contribution in [2.75, 3.05) is 0 Å². The highest BCUT2D eigenvalue weighted by molar-refractivity contribution is 7.80. The molecule has 0 saturated heterocycles. The summed E-state index contributed by atoms with van der Waals surface area (Å²) in [5.74, 6) is 0. The minimum Gasteiger partial charge on any atom is -0.349 e. The van der Waals surface area contributed by atoms with E-state index in [-0.39, 0.29) is 0 Å². The van der Waals surface area contributed by atoms with Crippen LogP contribution in [0, 0.1) is 27.7 Å². The van der Waals surface area contributed by atoms with Crippen LogP contribution in [0.25, 0.3) is 11.3 Å². The number of H-pyrrole nitrogens is 1. The fourth-order valence-corrected chi connectivity index (χ4v) is 2.36. The molecule has 0 fully saturated rings. The highest BCUT2D eigenvalue weighted by Crippen LogP contribution is 2.29. The summed E-state index contributed by atoms with van der Waals surface area (Å²) in [6.45, 7) is 8.49. The lowest BCUT2D eigenvalue weighted by molar-refractivity contribution is 1.17. The molecule has 0 unspecified atom stereocenters. The van der Waals surface area contributed by atoms with Crippen LogP contribution in [-0.2, 0) is 0 Å². The van der Waals surface area contributed by atoms with Gasteiger partial charge < -0.3 is 4.98 Å². The van der Waals surface area contributed by atoms with Crippen LogP contribution in [0.1, 0.15) is 22.3 Å². The number of benzene rings is 1. The summed E-state index contributed by atoms with van der Waals surface area (Å²) >= 11 is 4.43. The SMILES string of the molecule is Cc1cc(C)cc(-c2[nH]c(S)c(C)c2C)c1. The van der Waals surface area contributed by atoms with Crippen LogP contribution in [0.15, 0.2) is 23.2 Å². The predicted octanol–water partition coefficient (Wildman–Crippen LogP) is 4.20. The monoisotopic (exact) mass is 231 g/mol. The summed E-state index contributed by atoms with van der Waals surface area (Å²) in [6.07, 6.45) is 0. The van der Waals surface area contributed by atoms with Crippen LogP contribution in [0.4, 0.5) is 0 Å². The topological polar surface area (TPSA) is 15.8 Å². The summed E-state index contributed by atoms with van der Waals surface area (Å²) in [7, 11) is 0. The van der Waals surface area contributed by atoms with E-state index >= 15 is 0 Å². The van der Waals surface area contributed by atoms with Crippen LogP contribution >= 0.6 is 12.6 Å². The molecule has 16 heavy (non-hydrogen) atoms. The summed E-state index contributed by atoms with van der Waals surface area (Å²) in [6, 6.07) is 6.60. The molecule has 0 radical (unpaired) electrons. The molecule has 0 aliphatic carbocycles. The van der Waals surface area contributed by atoms with Crippen LogP contribution in [0.2, 0.25) is 0 Å². The maximum Gasteiger partial charge on any atom is 0.0727 e. The first-order valence-corrected chi connectivity index (χ1v) is 5.90. The zero-order chi connectivity index (χ0) is 11.9. The van der Waals surface area contributed by atoms with Crippen LogP contribution in [0.3, 0.4) is 0 Å². The van der Waals surface area contributed by atoms with Gasteiger partial charge in [0.15, 0.2) is 0 Å². The molecule has 0 aliphatic heterocycles. The number of thiol groups is 1. The van der Waals surface area contributed by atoms with Crippen molar-refractivity contribution in [3.8, 4) is 11.3 Å². The molecule has 2 rings (SSSR count). The van der Waals surface area contributed by atoms with Gasteiger partial charge in [-0.15, -0.1) is 12.6 Å². The molecule has 2 aromatic rings. The third kappa shape index (κ3) is 1.90. The van der Waals surface area contributed by atoms with Crippen molar-refractivity contribution in [3.63, 3.8) is 0 Å². The fourth-order valence-electron chi connectivity index (χ4n) is 2.08. The van der Waals surface area contributed by atoms with Crippen molar-refractivity contribution < 1.29 is 0 Å². The minimum atomic E-state index is 0.964. The van der Waals surface area contributed by atoms with Gasteiger partial charge in [0, 0.05) is 5.69 Å². The number of aromatic nitrogens is 1. The molecule has 0 aliphatic rings. The van der Waals surface area contributed by atoms with E-state index in [9.17, 15) is 0 Å². The zero-order valence-electron chi connectivity index (χ0n) is 10.2. The number of nitrogens with one attached hydrogen (secondary N) is 1. The van der Waals surface area contributed by atoms with Gasteiger partial charge in [-0.05, 0) is 56.5 Å². The molecule has 0 spiro atoms. The number of hydrogen-bond donors (Lipinski definition) is 2. The average molecular weight is 231 g/mol. The highest BCUT2D eigenvalue weighted by atomic mass is 32.1. The highest BCUT2D eigenvalue weighted by Gasteiger charge is 2.10. The standard InChI is InChI=1S/C14H17NS/c1-8-5-9(2)7-12(6-8)13-10(3)11(4)14(16)15-13/h5-7,15-16H,1-4H3. The molecule has 0 bridgehead atoms. The molecular formula is C14H17NS. The maximum atomic E-state index is 4.43. The van der Waals surface area contributed by atoms with Crippen molar-refractivity contribution in [1.82, 2.24) is 4.98 Å². The number of aryl methyl sites for hydroxylation is 2.